The van der Waals surface area contributed by atoms with Crippen molar-refractivity contribution >= 4 is 5.69 Å². The maximum absolute atomic E-state index is 6.02. The van der Waals surface area contributed by atoms with Crippen LogP contribution in [-0.2, 0) is 26.0 Å². The number of benzene rings is 3. The summed E-state index contributed by atoms with van der Waals surface area (Å²) in [6.07, 6.45) is 3.50. The smallest absolute Gasteiger partial charge is 0.130 e. The molecule has 1 aliphatic carbocycles. The molecule has 5 N–H and O–H groups in total. The maximum Gasteiger partial charge on any atom is 0.130 e. The molecule has 0 unspecified atom stereocenters. The number of anilines is 1. The highest BCUT2D eigenvalue weighted by Gasteiger charge is 2.23. The highest BCUT2D eigenvalue weighted by molar-refractivity contribution is 5.81. The molecule has 0 fully saturated rings. The third kappa shape index (κ3) is 6.06. The number of hydrogen-bond donors (Lipinski definition) is 4. The predicted molar refractivity (Wildman–Crippen MR) is 187 cm³/mol. The summed E-state index contributed by atoms with van der Waals surface area (Å²) in [5.74, 6) is 9.87. The van der Waals surface area contributed by atoms with Gasteiger partial charge >= 0.3 is 0 Å². The first-order chi connectivity index (χ1) is 22.6. The van der Waals surface area contributed by atoms with Crippen LogP contribution in [0.2, 0.25) is 0 Å². The number of hydrogen-bond acceptors (Lipinski definition) is 6. The van der Waals surface area contributed by atoms with Gasteiger partial charge in [-0.1, -0.05) is 42.0 Å². The van der Waals surface area contributed by atoms with E-state index in [0.29, 0.717) is 13.2 Å². The first-order valence-electron chi connectivity index (χ1n) is 16.3. The van der Waals surface area contributed by atoms with Gasteiger partial charge in [-0.3, -0.25) is 0 Å². The molecule has 3 aliphatic rings. The number of rotatable bonds is 0. The molecule has 0 spiro atoms. The van der Waals surface area contributed by atoms with Crippen LogP contribution in [0.25, 0.3) is 33.8 Å². The van der Waals surface area contributed by atoms with Crippen molar-refractivity contribution < 1.29 is 4.74 Å². The van der Waals surface area contributed by atoms with Crippen molar-refractivity contribution in [2.24, 2.45) is 5.84 Å². The van der Waals surface area contributed by atoms with Gasteiger partial charge in [-0.05, 0) is 95.7 Å². The molecule has 0 saturated heterocycles. The summed E-state index contributed by atoms with van der Waals surface area (Å²) in [6, 6.07) is 19.2. The zero-order valence-corrected chi connectivity index (χ0v) is 28.0. The Bertz CT molecular complexity index is 2090. The van der Waals surface area contributed by atoms with E-state index in [9.17, 15) is 0 Å². The molecule has 2 aliphatic heterocycles. The fourth-order valence-corrected chi connectivity index (χ4v) is 6.74. The number of nitrogens with two attached hydrogens (primary N) is 1. The second kappa shape index (κ2) is 12.2. The zero-order valence-electron chi connectivity index (χ0n) is 28.0. The summed E-state index contributed by atoms with van der Waals surface area (Å²) < 4.78 is 5.67. The molecule has 0 saturated carbocycles. The van der Waals surface area contributed by atoms with Crippen LogP contribution in [0.1, 0.15) is 63.2 Å². The second-order valence-corrected chi connectivity index (χ2v) is 12.9. The SMILES string of the molecule is Cc1ccc2c(c1)CCCc1[nH]c(C)nc1-2.Cc1ccc2c(c1)N(N)Cc1[nH]c(C)nc1-2.Cc1ccc2c(c1)OCc1[nH]c(C)nc1-2. The molecule has 9 rings (SSSR count). The zero-order chi connectivity index (χ0) is 32.8. The lowest BCUT2D eigenvalue weighted by Gasteiger charge is -2.26. The third-order valence-corrected chi connectivity index (χ3v) is 8.89. The van der Waals surface area contributed by atoms with Gasteiger partial charge in [-0.15, -0.1) is 0 Å². The predicted octanol–water partition coefficient (Wildman–Crippen LogP) is 7.66. The van der Waals surface area contributed by atoms with E-state index in [1.807, 2.05) is 20.8 Å². The lowest BCUT2D eigenvalue weighted by atomic mass is 10.0. The van der Waals surface area contributed by atoms with Crippen LogP contribution in [0.5, 0.6) is 5.75 Å². The van der Waals surface area contributed by atoms with Crippen LogP contribution in [-0.4, -0.2) is 29.9 Å². The van der Waals surface area contributed by atoms with Crippen molar-refractivity contribution in [2.75, 3.05) is 5.01 Å². The largest absolute Gasteiger partial charge is 0.487 e. The number of nitrogens with zero attached hydrogens (tertiary/aromatic N) is 4. The molecule has 3 aromatic carbocycles. The highest BCUT2D eigenvalue weighted by Crippen LogP contribution is 2.38. The molecule has 9 nitrogen and oxygen atoms in total. The molecule has 9 heteroatoms. The number of aryl methyl sites for hydroxylation is 8. The van der Waals surface area contributed by atoms with Gasteiger partial charge < -0.3 is 24.7 Å². The Balaban J connectivity index is 0.000000112. The number of imidazole rings is 3. The quantitative estimate of drug-likeness (QED) is 0.128. The molecule has 5 heterocycles. The first-order valence-corrected chi connectivity index (χ1v) is 16.3. The summed E-state index contributed by atoms with van der Waals surface area (Å²) in [4.78, 5) is 23.5. The number of aromatic amines is 3. The number of H-pyrrole nitrogens is 3. The Labute approximate surface area is 275 Å². The van der Waals surface area contributed by atoms with Crippen molar-refractivity contribution in [3.05, 3.63) is 111 Å². The average molecular weight is 627 g/mol. The maximum atomic E-state index is 6.02. The minimum atomic E-state index is 0.590. The van der Waals surface area contributed by atoms with E-state index in [2.05, 4.69) is 105 Å². The second-order valence-electron chi connectivity index (χ2n) is 12.9. The summed E-state index contributed by atoms with van der Waals surface area (Å²) in [5, 5.41) is 1.77. The summed E-state index contributed by atoms with van der Waals surface area (Å²) in [7, 11) is 0. The average Bonchev–Trinajstić information content (AvgIpc) is 3.69. The Morgan fingerprint density at radius 2 is 1.17 bits per heavy atom. The summed E-state index contributed by atoms with van der Waals surface area (Å²) >= 11 is 0. The molecule has 0 bridgehead atoms. The Kier molecular flexibility index (Phi) is 7.93. The molecule has 0 amide bonds. The van der Waals surface area contributed by atoms with E-state index in [0.717, 1.165) is 69.2 Å². The fourth-order valence-electron chi connectivity index (χ4n) is 6.74. The Morgan fingerprint density at radius 1 is 0.617 bits per heavy atom. The third-order valence-electron chi connectivity index (χ3n) is 8.89. The summed E-state index contributed by atoms with van der Waals surface area (Å²) in [5.41, 5.74) is 16.5. The lowest BCUT2D eigenvalue weighted by molar-refractivity contribution is 0.297. The van der Waals surface area contributed by atoms with E-state index in [1.165, 1.54) is 52.0 Å². The molecule has 0 atom stereocenters. The lowest BCUT2D eigenvalue weighted by Crippen LogP contribution is -2.33. The van der Waals surface area contributed by atoms with Crippen molar-refractivity contribution in [1.29, 1.82) is 0 Å². The van der Waals surface area contributed by atoms with Crippen LogP contribution in [0.3, 0.4) is 0 Å². The normalized spacial score (nSPS) is 13.6. The Morgan fingerprint density at radius 3 is 1.89 bits per heavy atom. The van der Waals surface area contributed by atoms with E-state index in [4.69, 9.17) is 10.6 Å². The number of fused-ring (bicyclic) bond motifs is 9. The fraction of sp³-hybridized carbons (Fsp3) is 0.289. The van der Waals surface area contributed by atoms with Gasteiger partial charge in [-0.2, -0.15) is 0 Å². The van der Waals surface area contributed by atoms with Gasteiger partial charge in [0.05, 0.1) is 40.7 Å². The topological polar surface area (TPSA) is 125 Å². The monoisotopic (exact) mass is 626 g/mol. The minimum absolute atomic E-state index is 0.590. The van der Waals surface area contributed by atoms with Crippen LogP contribution >= 0.6 is 0 Å². The highest BCUT2D eigenvalue weighted by atomic mass is 16.5. The van der Waals surface area contributed by atoms with Gasteiger partial charge in [-0.25, -0.2) is 20.8 Å². The minimum Gasteiger partial charge on any atom is -0.487 e. The number of ether oxygens (including phenoxy) is 1. The van der Waals surface area contributed by atoms with Crippen LogP contribution < -0.4 is 15.6 Å². The number of nitrogens with one attached hydrogen (secondary N) is 3. The standard InChI is InChI=1S/C14H16N2.C12H14N4.C12H12N2O/c1-9-6-7-12-11(8-9)4-3-5-13-14(12)16-10(2)15-13;1-7-3-4-9-11(5-7)16(13)6-10-12(9)15-8(2)14-10;1-7-3-4-9-11(5-7)15-6-10-12(9)14-8(2)13-10/h6-8H,3-5H2,1-2H3,(H,15,16);3-5H,6,13H2,1-2H3,(H,14,15);3-5H,6H2,1-2H3,(H,13,14). The molecule has 3 aromatic heterocycles. The van der Waals surface area contributed by atoms with Crippen LogP contribution in [0.15, 0.2) is 54.6 Å². The van der Waals surface area contributed by atoms with Crippen molar-refractivity contribution in [2.45, 2.75) is 74.0 Å². The number of aromatic nitrogens is 6. The Hall–Kier alpha value is -5.15. The van der Waals surface area contributed by atoms with Crippen LogP contribution in [0.4, 0.5) is 5.69 Å². The number of hydrazine groups is 1. The van der Waals surface area contributed by atoms with Gasteiger partial charge in [0.2, 0.25) is 0 Å². The van der Waals surface area contributed by atoms with E-state index in [1.54, 1.807) is 5.01 Å². The molecule has 47 heavy (non-hydrogen) atoms. The van der Waals surface area contributed by atoms with Crippen LogP contribution in [0, 0.1) is 41.5 Å². The van der Waals surface area contributed by atoms with E-state index >= 15 is 0 Å². The van der Waals surface area contributed by atoms with Gasteiger partial charge in [0.25, 0.3) is 0 Å². The van der Waals surface area contributed by atoms with Gasteiger partial charge in [0.15, 0.2) is 0 Å². The van der Waals surface area contributed by atoms with E-state index in [-0.39, 0.29) is 0 Å². The summed E-state index contributed by atoms with van der Waals surface area (Å²) in [6.45, 7) is 13.5. The van der Waals surface area contributed by atoms with Crippen molar-refractivity contribution in [1.82, 2.24) is 29.9 Å². The van der Waals surface area contributed by atoms with E-state index < -0.39 is 0 Å². The molecule has 0 radical (unpaired) electrons. The van der Waals surface area contributed by atoms with Gasteiger partial charge in [0, 0.05) is 22.4 Å². The van der Waals surface area contributed by atoms with Crippen molar-refractivity contribution in [3.63, 3.8) is 0 Å². The first kappa shape index (κ1) is 30.5. The molecule has 6 aromatic rings. The molecule has 240 valence electrons. The van der Waals surface area contributed by atoms with Crippen molar-refractivity contribution in [3.8, 4) is 39.5 Å². The molecular weight excluding hydrogens is 584 g/mol. The molecular formula is C38H42N8O. The van der Waals surface area contributed by atoms with Gasteiger partial charge in [0.1, 0.15) is 29.8 Å².